The SMILES string of the molecule is C=[C]([SnH3])OCC. The molecule has 0 atom stereocenters. The first kappa shape index (κ1) is 6.34. The summed E-state index contributed by atoms with van der Waals surface area (Å²) in [7, 11) is 0. The van der Waals surface area contributed by atoms with Gasteiger partial charge < -0.3 is 0 Å². The fraction of sp³-hybridized carbons (Fsp3) is 0.500. The molecule has 0 saturated heterocycles. The Hall–Kier alpha value is 0.339. The van der Waals surface area contributed by atoms with Crippen molar-refractivity contribution in [3.8, 4) is 0 Å². The van der Waals surface area contributed by atoms with Gasteiger partial charge in [-0.1, -0.05) is 0 Å². The van der Waals surface area contributed by atoms with Gasteiger partial charge in [-0.3, -0.25) is 0 Å². The van der Waals surface area contributed by atoms with Crippen LogP contribution in [0.4, 0.5) is 0 Å². The van der Waals surface area contributed by atoms with Gasteiger partial charge in [0.25, 0.3) is 0 Å². The summed E-state index contributed by atoms with van der Waals surface area (Å²) in [5.41, 5.74) is 0. The molecule has 0 unspecified atom stereocenters. The van der Waals surface area contributed by atoms with Gasteiger partial charge in [-0.15, -0.1) is 0 Å². The molecular formula is C4H10OSn. The third-order valence-electron chi connectivity index (χ3n) is 0.391. The second-order valence-electron chi connectivity index (χ2n) is 1.14. The number of rotatable bonds is 2. The molecule has 0 heterocycles. The molecule has 0 N–H and O–H groups in total. The average Bonchev–Trinajstić information content (AvgIpc) is 1.35. The summed E-state index contributed by atoms with van der Waals surface area (Å²) in [4.78, 5) is 0. The summed E-state index contributed by atoms with van der Waals surface area (Å²) in [5, 5.41) is 0. The Bertz CT molecular complexity index is 51.5. The van der Waals surface area contributed by atoms with Crippen molar-refractivity contribution in [3.63, 3.8) is 0 Å². The topological polar surface area (TPSA) is 9.23 Å². The Morgan fingerprint density at radius 3 is 2.50 bits per heavy atom. The Morgan fingerprint density at radius 2 is 2.50 bits per heavy atom. The van der Waals surface area contributed by atoms with Crippen molar-refractivity contribution in [2.45, 2.75) is 6.92 Å². The van der Waals surface area contributed by atoms with E-state index in [9.17, 15) is 0 Å². The van der Waals surface area contributed by atoms with Crippen molar-refractivity contribution in [2.75, 3.05) is 6.61 Å². The first-order valence-corrected chi connectivity index (χ1v) is 4.91. The van der Waals surface area contributed by atoms with E-state index in [0.717, 1.165) is 10.4 Å². The van der Waals surface area contributed by atoms with E-state index in [1.165, 1.54) is 0 Å². The van der Waals surface area contributed by atoms with Crippen molar-refractivity contribution in [3.05, 3.63) is 10.4 Å². The van der Waals surface area contributed by atoms with Crippen LogP contribution in [-0.2, 0) is 4.74 Å². The quantitative estimate of drug-likeness (QED) is 0.438. The molecule has 0 aromatic heterocycles. The van der Waals surface area contributed by atoms with Gasteiger partial charge in [0.15, 0.2) is 0 Å². The van der Waals surface area contributed by atoms with Crippen molar-refractivity contribution in [2.24, 2.45) is 0 Å². The molecule has 0 rings (SSSR count). The van der Waals surface area contributed by atoms with E-state index in [4.69, 9.17) is 4.74 Å². The van der Waals surface area contributed by atoms with Gasteiger partial charge in [0.05, 0.1) is 0 Å². The van der Waals surface area contributed by atoms with Crippen LogP contribution < -0.4 is 0 Å². The Kier molecular flexibility index (Phi) is 3.73. The van der Waals surface area contributed by atoms with E-state index in [0.29, 0.717) is 22.5 Å². The first-order chi connectivity index (χ1) is 2.77. The van der Waals surface area contributed by atoms with E-state index in [1.807, 2.05) is 6.92 Å². The van der Waals surface area contributed by atoms with Gasteiger partial charge in [-0.2, -0.15) is 0 Å². The molecule has 0 bridgehead atoms. The van der Waals surface area contributed by atoms with E-state index < -0.39 is 0 Å². The molecule has 6 heavy (non-hydrogen) atoms. The second-order valence-corrected chi connectivity index (χ2v) is 4.32. The first-order valence-electron chi connectivity index (χ1n) is 2.05. The van der Waals surface area contributed by atoms with Gasteiger partial charge in [-0.25, -0.2) is 0 Å². The van der Waals surface area contributed by atoms with Crippen LogP contribution in [0.15, 0.2) is 10.4 Å². The van der Waals surface area contributed by atoms with Gasteiger partial charge in [0, 0.05) is 0 Å². The standard InChI is InChI=1S/C4H7O.Sn.3H/c1-3-5-4-2;;;;/h1,4H2,2H3;;;;. The summed E-state index contributed by atoms with van der Waals surface area (Å²) in [6.07, 6.45) is 0. The van der Waals surface area contributed by atoms with E-state index in [-0.39, 0.29) is 0 Å². The number of ether oxygens (including phenoxy) is 1. The minimum absolute atomic E-state index is 0.514. The fourth-order valence-electron chi connectivity index (χ4n) is 0.246. The Labute approximate surface area is 51.5 Å². The zero-order valence-corrected chi connectivity index (χ0v) is 10.0. The molecule has 0 aromatic rings. The van der Waals surface area contributed by atoms with Crippen LogP contribution in [0.5, 0.6) is 0 Å². The van der Waals surface area contributed by atoms with Crippen LogP contribution in [0.1, 0.15) is 6.92 Å². The zero-order valence-electron chi connectivity index (χ0n) is 4.32. The molecule has 0 aliphatic rings. The van der Waals surface area contributed by atoms with E-state index in [2.05, 4.69) is 6.58 Å². The molecule has 0 saturated carbocycles. The van der Waals surface area contributed by atoms with E-state index >= 15 is 0 Å². The van der Waals surface area contributed by atoms with Gasteiger partial charge in [0.2, 0.25) is 0 Å². The normalized spacial score (nSPS) is 8.17. The third-order valence-corrected chi connectivity index (χ3v) is 1.21. The molecule has 2 heteroatoms. The van der Waals surface area contributed by atoms with Crippen LogP contribution >= 0.6 is 0 Å². The fourth-order valence-corrected chi connectivity index (χ4v) is 1.07. The van der Waals surface area contributed by atoms with Gasteiger partial charge in [0.1, 0.15) is 0 Å². The third kappa shape index (κ3) is 4.34. The van der Waals surface area contributed by atoms with Gasteiger partial charge >= 0.3 is 51.1 Å². The summed E-state index contributed by atoms with van der Waals surface area (Å²) < 4.78 is 5.94. The minimum atomic E-state index is 0.514. The summed E-state index contributed by atoms with van der Waals surface area (Å²) in [5.74, 6) is 0. The summed E-state index contributed by atoms with van der Waals surface area (Å²) in [6, 6.07) is 0. The van der Waals surface area contributed by atoms with Crippen molar-refractivity contribution < 1.29 is 4.74 Å². The maximum atomic E-state index is 4.94. The van der Waals surface area contributed by atoms with E-state index in [1.54, 1.807) is 0 Å². The molecular weight excluding hydrogens is 183 g/mol. The molecule has 0 amide bonds. The maximum absolute atomic E-state index is 4.94. The predicted octanol–water partition coefficient (Wildman–Crippen LogP) is -0.141. The van der Waals surface area contributed by atoms with Crippen LogP contribution in [-0.4, -0.2) is 29.1 Å². The molecule has 0 aliphatic carbocycles. The molecule has 0 aliphatic heterocycles. The molecule has 1 nitrogen and oxygen atoms in total. The van der Waals surface area contributed by atoms with Crippen molar-refractivity contribution >= 4 is 22.5 Å². The monoisotopic (exact) mass is 194 g/mol. The predicted molar refractivity (Wildman–Crippen MR) is 30.7 cm³/mol. The second kappa shape index (κ2) is 3.53. The summed E-state index contributed by atoms with van der Waals surface area (Å²) in [6.45, 7) is 6.37. The summed E-state index contributed by atoms with van der Waals surface area (Å²) >= 11 is 0.514. The van der Waals surface area contributed by atoms with Crippen LogP contribution in [0.25, 0.3) is 0 Å². The Balaban J connectivity index is 2.83. The number of hydrogen-bond acceptors (Lipinski definition) is 1. The van der Waals surface area contributed by atoms with Crippen molar-refractivity contribution in [1.82, 2.24) is 0 Å². The zero-order chi connectivity index (χ0) is 4.99. The molecule has 0 aromatic carbocycles. The molecule has 0 spiro atoms. The van der Waals surface area contributed by atoms with Crippen LogP contribution in [0, 0.1) is 0 Å². The Morgan fingerprint density at radius 1 is 2.00 bits per heavy atom. The molecule has 0 radical (unpaired) electrons. The van der Waals surface area contributed by atoms with Crippen molar-refractivity contribution in [1.29, 1.82) is 0 Å². The molecule has 0 fully saturated rings. The van der Waals surface area contributed by atoms with Gasteiger partial charge in [-0.05, 0) is 0 Å². The van der Waals surface area contributed by atoms with Crippen LogP contribution in [0.3, 0.4) is 0 Å². The average molecular weight is 193 g/mol. The molecule has 36 valence electrons. The van der Waals surface area contributed by atoms with Crippen LogP contribution in [0.2, 0.25) is 0 Å². The number of hydrogen-bond donors (Lipinski definition) is 0.